The van der Waals surface area contributed by atoms with E-state index in [9.17, 15) is 22.8 Å². The Morgan fingerprint density at radius 1 is 1.17 bits per heavy atom. The highest BCUT2D eigenvalue weighted by atomic mass is 35.5. The van der Waals surface area contributed by atoms with Gasteiger partial charge in [-0.1, -0.05) is 54.9 Å². The van der Waals surface area contributed by atoms with Crippen molar-refractivity contribution < 1.29 is 22.8 Å². The zero-order valence-corrected chi connectivity index (χ0v) is 16.1. The lowest BCUT2D eigenvalue weighted by Gasteiger charge is -2.29. The first-order valence-electron chi connectivity index (χ1n) is 8.81. The molecule has 0 bridgehead atoms. The fraction of sp³-hybridized carbons (Fsp3) is 0.250. The van der Waals surface area contributed by atoms with Crippen molar-refractivity contribution in [3.05, 3.63) is 70.7 Å². The second-order valence-corrected chi connectivity index (χ2v) is 6.87. The molecule has 0 fully saturated rings. The lowest BCUT2D eigenvalue weighted by Crippen LogP contribution is -2.63. The molecule has 0 unspecified atom stereocenters. The Morgan fingerprint density at radius 3 is 2.45 bits per heavy atom. The molecule has 0 aliphatic carbocycles. The minimum absolute atomic E-state index is 0.0252. The fourth-order valence-corrected chi connectivity index (χ4v) is 3.19. The van der Waals surface area contributed by atoms with Crippen LogP contribution in [0.5, 0.6) is 0 Å². The number of amides is 2. The van der Waals surface area contributed by atoms with Crippen molar-refractivity contribution in [2.75, 3.05) is 6.54 Å². The van der Waals surface area contributed by atoms with Crippen LogP contribution in [-0.4, -0.2) is 40.9 Å². The van der Waals surface area contributed by atoms with Crippen molar-refractivity contribution in [3.63, 3.8) is 0 Å². The molecule has 1 aliphatic rings. The van der Waals surface area contributed by atoms with Gasteiger partial charge in [-0.25, -0.2) is 4.99 Å². The third-order valence-electron chi connectivity index (χ3n) is 4.35. The molecule has 9 heteroatoms. The number of hydrogen-bond acceptors (Lipinski definition) is 3. The molecular weight excluding hydrogens is 407 g/mol. The Hall–Kier alpha value is -2.87. The molecule has 0 saturated heterocycles. The van der Waals surface area contributed by atoms with Gasteiger partial charge in [0.25, 0.3) is 11.8 Å². The van der Waals surface area contributed by atoms with E-state index in [4.69, 9.17) is 11.6 Å². The maximum absolute atomic E-state index is 14.1. The molecule has 3 rings (SSSR count). The highest BCUT2D eigenvalue weighted by molar-refractivity contribution is 6.31. The van der Waals surface area contributed by atoms with E-state index in [1.54, 1.807) is 37.3 Å². The number of benzene rings is 2. The SMILES string of the molecule is CCCN1C(=O)[C@](NC(=O)c2cccc(Cl)c2)(C(F)(F)F)N=C1c1ccccc1. The van der Waals surface area contributed by atoms with Gasteiger partial charge in [-0.3, -0.25) is 14.5 Å². The zero-order valence-electron chi connectivity index (χ0n) is 15.3. The number of amidine groups is 1. The van der Waals surface area contributed by atoms with Crippen LogP contribution in [0.2, 0.25) is 5.02 Å². The third-order valence-corrected chi connectivity index (χ3v) is 4.59. The first-order chi connectivity index (χ1) is 13.7. The predicted octanol–water partition coefficient (Wildman–Crippen LogP) is 4.03. The van der Waals surface area contributed by atoms with Gasteiger partial charge in [-0.2, -0.15) is 13.2 Å². The molecule has 2 aromatic carbocycles. The van der Waals surface area contributed by atoms with Gasteiger partial charge in [0.15, 0.2) is 0 Å². The number of halogens is 4. The molecule has 1 N–H and O–H groups in total. The van der Waals surface area contributed by atoms with E-state index in [-0.39, 0.29) is 23.0 Å². The molecule has 0 radical (unpaired) electrons. The Morgan fingerprint density at radius 2 is 1.86 bits per heavy atom. The molecule has 0 aromatic heterocycles. The summed E-state index contributed by atoms with van der Waals surface area (Å²) in [4.78, 5) is 30.2. The highest BCUT2D eigenvalue weighted by Gasteiger charge is 2.67. The van der Waals surface area contributed by atoms with Crippen molar-refractivity contribution in [1.82, 2.24) is 10.2 Å². The van der Waals surface area contributed by atoms with Gasteiger partial charge < -0.3 is 5.32 Å². The van der Waals surface area contributed by atoms with Crippen LogP contribution in [-0.2, 0) is 4.79 Å². The van der Waals surface area contributed by atoms with Crippen LogP contribution in [0.3, 0.4) is 0 Å². The van der Waals surface area contributed by atoms with Crippen LogP contribution in [0, 0.1) is 0 Å². The number of carbonyl (C=O) groups excluding carboxylic acids is 2. The van der Waals surface area contributed by atoms with Crippen molar-refractivity contribution in [1.29, 1.82) is 0 Å². The van der Waals surface area contributed by atoms with E-state index in [1.807, 2.05) is 5.32 Å². The molecular formula is C20H17ClF3N3O2. The van der Waals surface area contributed by atoms with Crippen molar-refractivity contribution in [2.24, 2.45) is 4.99 Å². The van der Waals surface area contributed by atoms with Gasteiger partial charge in [-0.05, 0) is 24.6 Å². The number of hydrogen-bond donors (Lipinski definition) is 1. The first kappa shape index (κ1) is 20.9. The fourth-order valence-electron chi connectivity index (χ4n) is 3.00. The minimum atomic E-state index is -5.15. The van der Waals surface area contributed by atoms with E-state index in [0.29, 0.717) is 12.0 Å². The van der Waals surface area contributed by atoms with Crippen LogP contribution in [0.25, 0.3) is 0 Å². The van der Waals surface area contributed by atoms with Crippen LogP contribution in [0.4, 0.5) is 13.2 Å². The molecule has 0 spiro atoms. The summed E-state index contributed by atoms with van der Waals surface area (Å²) in [6.45, 7) is 1.76. The maximum Gasteiger partial charge on any atom is 0.442 e. The van der Waals surface area contributed by atoms with Crippen LogP contribution in [0.15, 0.2) is 59.6 Å². The molecule has 2 aromatic rings. The van der Waals surface area contributed by atoms with Crippen LogP contribution >= 0.6 is 11.6 Å². The first-order valence-corrected chi connectivity index (χ1v) is 9.19. The predicted molar refractivity (Wildman–Crippen MR) is 103 cm³/mol. The molecule has 0 saturated carbocycles. The van der Waals surface area contributed by atoms with Gasteiger partial charge in [0.1, 0.15) is 5.84 Å². The van der Waals surface area contributed by atoms with Crippen LogP contribution < -0.4 is 5.32 Å². The van der Waals surface area contributed by atoms with Crippen molar-refractivity contribution >= 4 is 29.3 Å². The normalized spacial score (nSPS) is 19.3. The maximum atomic E-state index is 14.1. The smallest absolute Gasteiger partial charge is 0.312 e. The number of carbonyl (C=O) groups is 2. The standard InChI is InChI=1S/C20H17ClF3N3O2/c1-2-11-27-16(13-7-4-3-5-8-13)25-19(18(27)29,20(22,23)24)26-17(28)14-9-6-10-15(21)12-14/h3-10,12H,2,11H2,1H3,(H,26,28)/t19-/m0/s1. The largest absolute Gasteiger partial charge is 0.442 e. The average Bonchev–Trinajstić information content (AvgIpc) is 2.96. The number of rotatable bonds is 5. The van der Waals surface area contributed by atoms with Crippen LogP contribution in [0.1, 0.15) is 29.3 Å². The monoisotopic (exact) mass is 423 g/mol. The zero-order chi connectivity index (χ0) is 21.2. The third kappa shape index (κ3) is 3.85. The Labute approximate surface area is 170 Å². The van der Waals surface area contributed by atoms with Gasteiger partial charge in [0, 0.05) is 22.7 Å². The topological polar surface area (TPSA) is 61.8 Å². The minimum Gasteiger partial charge on any atom is -0.312 e. The lowest BCUT2D eigenvalue weighted by molar-refractivity contribution is -0.196. The van der Waals surface area contributed by atoms with Gasteiger partial charge in [0.2, 0.25) is 0 Å². The summed E-state index contributed by atoms with van der Waals surface area (Å²) < 4.78 is 42.4. The lowest BCUT2D eigenvalue weighted by atomic mass is 10.1. The van der Waals surface area contributed by atoms with Crippen molar-refractivity contribution in [2.45, 2.75) is 25.2 Å². The molecule has 152 valence electrons. The summed E-state index contributed by atoms with van der Waals surface area (Å²) in [5.74, 6) is -2.59. The summed E-state index contributed by atoms with van der Waals surface area (Å²) in [5.41, 5.74) is -3.18. The van der Waals surface area contributed by atoms with E-state index >= 15 is 0 Å². The second kappa shape index (κ2) is 7.87. The van der Waals surface area contributed by atoms with E-state index < -0.39 is 23.7 Å². The molecule has 29 heavy (non-hydrogen) atoms. The number of aliphatic imine (C=N–C) groups is 1. The Kier molecular flexibility index (Phi) is 5.66. The van der Waals surface area contributed by atoms with E-state index in [1.165, 1.54) is 24.3 Å². The number of nitrogens with one attached hydrogen (secondary N) is 1. The molecule has 5 nitrogen and oxygen atoms in total. The van der Waals surface area contributed by atoms with Gasteiger partial charge >= 0.3 is 11.8 Å². The highest BCUT2D eigenvalue weighted by Crippen LogP contribution is 2.38. The van der Waals surface area contributed by atoms with Gasteiger partial charge in [-0.15, -0.1) is 0 Å². The summed E-state index contributed by atoms with van der Waals surface area (Å²) in [7, 11) is 0. The molecule has 1 heterocycles. The van der Waals surface area contributed by atoms with Gasteiger partial charge in [0.05, 0.1) is 0 Å². The average molecular weight is 424 g/mol. The summed E-state index contributed by atoms with van der Waals surface area (Å²) in [6.07, 6.45) is -4.74. The second-order valence-electron chi connectivity index (χ2n) is 6.43. The number of nitrogens with zero attached hydrogens (tertiary/aromatic N) is 2. The Bertz CT molecular complexity index is 963. The van der Waals surface area contributed by atoms with Crippen molar-refractivity contribution in [3.8, 4) is 0 Å². The molecule has 1 aliphatic heterocycles. The molecule has 1 atom stereocenters. The summed E-state index contributed by atoms with van der Waals surface area (Å²) in [6, 6.07) is 13.5. The summed E-state index contributed by atoms with van der Waals surface area (Å²) in [5, 5.41) is 1.99. The molecule has 2 amide bonds. The quantitative estimate of drug-likeness (QED) is 0.789. The summed E-state index contributed by atoms with van der Waals surface area (Å²) >= 11 is 5.82. The van der Waals surface area contributed by atoms with E-state index in [0.717, 1.165) is 4.90 Å². The van der Waals surface area contributed by atoms with E-state index in [2.05, 4.69) is 4.99 Å². The number of alkyl halides is 3. The Balaban J connectivity index is 2.10.